The Hall–Kier alpha value is -1.95. The molecular formula is C16H20FNO4. The van der Waals surface area contributed by atoms with Gasteiger partial charge in [-0.15, -0.1) is 0 Å². The zero-order valence-electron chi connectivity index (χ0n) is 12.7. The maximum Gasteiger partial charge on any atom is 0.326 e. The molecule has 22 heavy (non-hydrogen) atoms. The molecule has 1 aliphatic rings. The van der Waals surface area contributed by atoms with Crippen molar-refractivity contribution in [1.29, 1.82) is 0 Å². The van der Waals surface area contributed by atoms with Gasteiger partial charge in [-0.3, -0.25) is 4.79 Å². The van der Waals surface area contributed by atoms with Gasteiger partial charge in [-0.2, -0.15) is 0 Å². The monoisotopic (exact) mass is 309 g/mol. The number of benzene rings is 1. The Bertz CT molecular complexity index is 552. The van der Waals surface area contributed by atoms with Gasteiger partial charge in [0.05, 0.1) is 5.41 Å². The van der Waals surface area contributed by atoms with Gasteiger partial charge in [0, 0.05) is 20.3 Å². The van der Waals surface area contributed by atoms with Crippen LogP contribution in [0.3, 0.4) is 0 Å². The van der Waals surface area contributed by atoms with Crippen molar-refractivity contribution in [2.24, 2.45) is 0 Å². The minimum Gasteiger partial charge on any atom is -0.480 e. The third kappa shape index (κ3) is 2.97. The molecule has 1 N–H and O–H groups in total. The molecule has 5 nitrogen and oxygen atoms in total. The summed E-state index contributed by atoms with van der Waals surface area (Å²) in [6.45, 7) is 2.30. The van der Waals surface area contributed by atoms with Gasteiger partial charge in [0.15, 0.2) is 0 Å². The first-order chi connectivity index (χ1) is 10.4. The number of hydrogen-bond acceptors (Lipinski definition) is 3. The van der Waals surface area contributed by atoms with E-state index in [9.17, 15) is 14.0 Å². The number of ether oxygens (including phenoxy) is 1. The fourth-order valence-electron chi connectivity index (χ4n) is 2.79. The number of rotatable bonds is 4. The van der Waals surface area contributed by atoms with Crippen molar-refractivity contribution in [3.63, 3.8) is 0 Å². The van der Waals surface area contributed by atoms with E-state index < -0.39 is 17.4 Å². The lowest BCUT2D eigenvalue weighted by Gasteiger charge is -2.40. The molecule has 1 heterocycles. The van der Waals surface area contributed by atoms with Crippen molar-refractivity contribution in [3.8, 4) is 0 Å². The Kier molecular flexibility index (Phi) is 4.81. The average Bonchev–Trinajstić information content (AvgIpc) is 2.53. The summed E-state index contributed by atoms with van der Waals surface area (Å²) in [5, 5.41) is 9.12. The second-order valence-corrected chi connectivity index (χ2v) is 5.63. The molecule has 1 aromatic rings. The van der Waals surface area contributed by atoms with Crippen LogP contribution in [-0.4, -0.2) is 48.2 Å². The third-order valence-corrected chi connectivity index (χ3v) is 4.41. The van der Waals surface area contributed by atoms with Gasteiger partial charge in [0.1, 0.15) is 11.9 Å². The largest absolute Gasteiger partial charge is 0.480 e. The van der Waals surface area contributed by atoms with Gasteiger partial charge in [0.25, 0.3) is 0 Å². The van der Waals surface area contributed by atoms with Crippen LogP contribution in [0.5, 0.6) is 0 Å². The first-order valence-corrected chi connectivity index (χ1v) is 7.22. The van der Waals surface area contributed by atoms with E-state index in [4.69, 9.17) is 9.84 Å². The van der Waals surface area contributed by atoms with Gasteiger partial charge in [-0.25, -0.2) is 9.18 Å². The van der Waals surface area contributed by atoms with Crippen molar-refractivity contribution in [3.05, 3.63) is 35.6 Å². The predicted octanol–water partition coefficient (Wildman–Crippen LogP) is 1.81. The van der Waals surface area contributed by atoms with Crippen LogP contribution in [0.2, 0.25) is 0 Å². The number of carbonyl (C=O) groups excluding carboxylic acids is 1. The first-order valence-electron chi connectivity index (χ1n) is 7.22. The number of carboxylic acid groups (broad SMARTS) is 1. The van der Waals surface area contributed by atoms with Crippen LogP contribution in [0.1, 0.15) is 25.3 Å². The summed E-state index contributed by atoms with van der Waals surface area (Å²) in [4.78, 5) is 25.4. The zero-order chi connectivity index (χ0) is 16.3. The summed E-state index contributed by atoms with van der Waals surface area (Å²) in [5.41, 5.74) is -0.156. The second-order valence-electron chi connectivity index (χ2n) is 5.63. The lowest BCUT2D eigenvalue weighted by Crippen LogP contribution is -2.52. The standard InChI is InChI=1S/C16H20FNO4/c1-11(14(19)20)18(2)15(21)16(7-9-22-10-8-16)12-3-5-13(17)6-4-12/h3-6,11H,7-10H2,1-2H3,(H,19,20). The number of carboxylic acids is 1. The zero-order valence-corrected chi connectivity index (χ0v) is 12.7. The Morgan fingerprint density at radius 2 is 1.82 bits per heavy atom. The Morgan fingerprint density at radius 3 is 2.32 bits per heavy atom. The molecule has 2 rings (SSSR count). The number of hydrogen-bond donors (Lipinski definition) is 1. The summed E-state index contributed by atoms with van der Waals surface area (Å²) in [6, 6.07) is 4.91. The topological polar surface area (TPSA) is 66.8 Å². The molecular weight excluding hydrogens is 289 g/mol. The van der Waals surface area contributed by atoms with Gasteiger partial charge < -0.3 is 14.7 Å². The molecule has 1 fully saturated rings. The van der Waals surface area contributed by atoms with Crippen molar-refractivity contribution in [2.45, 2.75) is 31.2 Å². The van der Waals surface area contributed by atoms with Gasteiger partial charge >= 0.3 is 5.97 Å². The van der Waals surface area contributed by atoms with Crippen molar-refractivity contribution < 1.29 is 23.8 Å². The van der Waals surface area contributed by atoms with E-state index >= 15 is 0 Å². The van der Waals surface area contributed by atoms with E-state index in [1.807, 2.05) is 0 Å². The normalized spacial score (nSPS) is 18.5. The smallest absolute Gasteiger partial charge is 0.326 e. The molecule has 0 radical (unpaired) electrons. The van der Waals surface area contributed by atoms with Crippen LogP contribution in [0.25, 0.3) is 0 Å². The van der Waals surface area contributed by atoms with E-state index in [-0.39, 0.29) is 11.7 Å². The van der Waals surface area contributed by atoms with Crippen molar-refractivity contribution in [1.82, 2.24) is 4.90 Å². The molecule has 0 spiro atoms. The minimum atomic E-state index is -1.06. The fourth-order valence-corrected chi connectivity index (χ4v) is 2.79. The maximum atomic E-state index is 13.2. The molecule has 120 valence electrons. The van der Waals surface area contributed by atoms with E-state index in [0.29, 0.717) is 31.6 Å². The highest BCUT2D eigenvalue weighted by atomic mass is 19.1. The fraction of sp³-hybridized carbons (Fsp3) is 0.500. The molecule has 1 aliphatic heterocycles. The summed E-state index contributed by atoms with van der Waals surface area (Å²) < 4.78 is 18.5. The van der Waals surface area contributed by atoms with Crippen LogP contribution < -0.4 is 0 Å². The van der Waals surface area contributed by atoms with Crippen molar-refractivity contribution >= 4 is 11.9 Å². The van der Waals surface area contributed by atoms with E-state index in [2.05, 4.69) is 0 Å². The van der Waals surface area contributed by atoms with Gasteiger partial charge in [-0.05, 0) is 37.5 Å². The van der Waals surface area contributed by atoms with E-state index in [1.165, 1.54) is 31.0 Å². The average molecular weight is 309 g/mol. The highest BCUT2D eigenvalue weighted by Crippen LogP contribution is 2.37. The number of amides is 1. The van der Waals surface area contributed by atoms with Gasteiger partial charge in [0.2, 0.25) is 5.91 Å². The van der Waals surface area contributed by atoms with E-state index in [1.54, 1.807) is 12.1 Å². The molecule has 0 bridgehead atoms. The summed E-state index contributed by atoms with van der Waals surface area (Å²) in [5.74, 6) is -1.69. The molecule has 0 aliphatic carbocycles. The lowest BCUT2D eigenvalue weighted by molar-refractivity contribution is -0.152. The quantitative estimate of drug-likeness (QED) is 0.921. The van der Waals surface area contributed by atoms with Crippen molar-refractivity contribution in [2.75, 3.05) is 20.3 Å². The number of aliphatic carboxylic acids is 1. The van der Waals surface area contributed by atoms with Crippen LogP contribution in [0.15, 0.2) is 24.3 Å². The number of carbonyl (C=O) groups is 2. The Labute approximate surface area is 128 Å². The molecule has 1 atom stereocenters. The SMILES string of the molecule is CC(C(=O)O)N(C)C(=O)C1(c2ccc(F)cc2)CCOCC1. The highest BCUT2D eigenvalue weighted by Gasteiger charge is 2.44. The maximum absolute atomic E-state index is 13.2. The minimum absolute atomic E-state index is 0.266. The second kappa shape index (κ2) is 6.44. The van der Waals surface area contributed by atoms with Crippen LogP contribution in [-0.2, 0) is 19.7 Å². The Morgan fingerprint density at radius 1 is 1.27 bits per heavy atom. The van der Waals surface area contributed by atoms with Crippen LogP contribution in [0, 0.1) is 5.82 Å². The Balaban J connectivity index is 2.39. The number of halogens is 1. The number of likely N-dealkylation sites (N-methyl/N-ethyl adjacent to an activating group) is 1. The molecule has 1 unspecified atom stereocenters. The predicted molar refractivity (Wildman–Crippen MR) is 78.0 cm³/mol. The molecule has 1 aromatic carbocycles. The molecule has 1 amide bonds. The van der Waals surface area contributed by atoms with Crippen LogP contribution >= 0.6 is 0 Å². The molecule has 0 saturated carbocycles. The first kappa shape index (κ1) is 16.4. The molecule has 1 saturated heterocycles. The summed E-state index contributed by atoms with van der Waals surface area (Å²) >= 11 is 0. The lowest BCUT2D eigenvalue weighted by atomic mass is 9.73. The van der Waals surface area contributed by atoms with Crippen LogP contribution in [0.4, 0.5) is 4.39 Å². The molecule has 0 aromatic heterocycles. The summed E-state index contributed by atoms with van der Waals surface area (Å²) in [6.07, 6.45) is 0.905. The third-order valence-electron chi connectivity index (χ3n) is 4.41. The van der Waals surface area contributed by atoms with Gasteiger partial charge in [-0.1, -0.05) is 12.1 Å². The number of nitrogens with zero attached hydrogens (tertiary/aromatic N) is 1. The van der Waals surface area contributed by atoms with E-state index in [0.717, 1.165) is 0 Å². The molecule has 6 heteroatoms. The summed E-state index contributed by atoms with van der Waals surface area (Å²) in [7, 11) is 1.49. The highest BCUT2D eigenvalue weighted by molar-refractivity contribution is 5.91.